The van der Waals surface area contributed by atoms with Crippen LogP contribution >= 0.6 is 0 Å². The average molecular weight is 431 g/mol. The van der Waals surface area contributed by atoms with E-state index in [0.29, 0.717) is 24.7 Å². The Morgan fingerprint density at radius 2 is 1.88 bits per heavy atom. The molecular weight excluding hydrogens is 404 g/mol. The Morgan fingerprint density at radius 3 is 2.59 bits per heavy atom. The highest BCUT2D eigenvalue weighted by Gasteiger charge is 2.32. The molecule has 0 spiro atoms. The number of hydrogen-bond donors (Lipinski definition) is 1. The molecule has 2 aromatic carbocycles. The van der Waals surface area contributed by atoms with Crippen LogP contribution in [-0.4, -0.2) is 33.4 Å². The summed E-state index contributed by atoms with van der Waals surface area (Å²) >= 11 is 0. The van der Waals surface area contributed by atoms with E-state index >= 15 is 0 Å². The zero-order chi connectivity index (χ0) is 22.6. The largest absolute Gasteiger partial charge is 0.460 e. The Balaban J connectivity index is 1.66. The van der Waals surface area contributed by atoms with E-state index in [0.717, 1.165) is 22.0 Å². The Morgan fingerprint density at radius 1 is 1.06 bits per heavy atom. The van der Waals surface area contributed by atoms with Gasteiger partial charge in [-0.3, -0.25) is 14.5 Å². The van der Waals surface area contributed by atoms with Gasteiger partial charge in [-0.15, -0.1) is 5.10 Å². The normalized spacial score (nSPS) is 11.5. The Hall–Kier alpha value is -3.71. The fourth-order valence-electron chi connectivity index (χ4n) is 3.41. The molecule has 2 aromatic heterocycles. The van der Waals surface area contributed by atoms with Gasteiger partial charge in [-0.2, -0.15) is 0 Å². The first kappa shape index (κ1) is 21.5. The summed E-state index contributed by atoms with van der Waals surface area (Å²) in [5.41, 5.74) is 2.49. The molecule has 0 fully saturated rings. The van der Waals surface area contributed by atoms with E-state index in [4.69, 9.17) is 14.6 Å². The number of hydrogen-bond acceptors (Lipinski definition) is 5. The first-order valence-corrected chi connectivity index (χ1v) is 10.4. The number of nitrogens with zero attached hydrogens (tertiary/aromatic N) is 3. The molecule has 4 aromatic rings. The van der Waals surface area contributed by atoms with E-state index in [1.165, 1.54) is 0 Å². The number of aromatic nitrogens is 3. The second kappa shape index (κ2) is 9.20. The third-order valence-corrected chi connectivity index (χ3v) is 5.09. The predicted octanol–water partition coefficient (Wildman–Crippen LogP) is 4.42. The van der Waals surface area contributed by atoms with Crippen molar-refractivity contribution < 1.29 is 14.3 Å². The SMILES string of the molecule is COCc1ccc2c(c1)c(OC(C)(C)C(=O)Nc1cccnc1)nn2Cc1ccccc1. The number of rotatable bonds is 8. The number of benzene rings is 2. The van der Waals surface area contributed by atoms with Crippen LogP contribution in [0.3, 0.4) is 0 Å². The first-order valence-electron chi connectivity index (χ1n) is 10.4. The third kappa shape index (κ3) is 4.78. The van der Waals surface area contributed by atoms with Gasteiger partial charge >= 0.3 is 0 Å². The number of fused-ring (bicyclic) bond motifs is 1. The molecule has 2 heterocycles. The smallest absolute Gasteiger partial charge is 0.268 e. The van der Waals surface area contributed by atoms with Crippen LogP contribution < -0.4 is 10.1 Å². The minimum atomic E-state index is -1.16. The van der Waals surface area contributed by atoms with Crippen LogP contribution in [0.25, 0.3) is 10.9 Å². The Labute approximate surface area is 187 Å². The number of anilines is 1. The van der Waals surface area contributed by atoms with Gasteiger partial charge in [-0.05, 0) is 49.2 Å². The van der Waals surface area contributed by atoms with Gasteiger partial charge in [0.1, 0.15) is 0 Å². The number of carbonyl (C=O) groups is 1. The van der Waals surface area contributed by atoms with Crippen LogP contribution in [0.1, 0.15) is 25.0 Å². The zero-order valence-electron chi connectivity index (χ0n) is 18.4. The van der Waals surface area contributed by atoms with Crippen molar-refractivity contribution >= 4 is 22.5 Å². The molecule has 1 amide bonds. The van der Waals surface area contributed by atoms with E-state index in [9.17, 15) is 4.79 Å². The van der Waals surface area contributed by atoms with E-state index in [-0.39, 0.29) is 5.91 Å². The fourth-order valence-corrected chi connectivity index (χ4v) is 3.41. The fraction of sp³-hybridized carbons (Fsp3) is 0.240. The molecule has 0 saturated heterocycles. The summed E-state index contributed by atoms with van der Waals surface area (Å²) in [5.74, 6) is 0.115. The highest BCUT2D eigenvalue weighted by molar-refractivity contribution is 5.97. The van der Waals surface area contributed by atoms with Crippen LogP contribution in [0.5, 0.6) is 5.88 Å². The summed E-state index contributed by atoms with van der Waals surface area (Å²) < 4.78 is 13.4. The van der Waals surface area contributed by atoms with Gasteiger partial charge in [0.05, 0.1) is 35.9 Å². The van der Waals surface area contributed by atoms with E-state index in [2.05, 4.69) is 22.4 Å². The monoisotopic (exact) mass is 430 g/mol. The minimum Gasteiger partial charge on any atom is -0.460 e. The average Bonchev–Trinajstić information content (AvgIpc) is 3.11. The second-order valence-electron chi connectivity index (χ2n) is 8.04. The summed E-state index contributed by atoms with van der Waals surface area (Å²) in [5, 5.41) is 8.40. The van der Waals surface area contributed by atoms with Crippen LogP contribution in [-0.2, 0) is 22.7 Å². The van der Waals surface area contributed by atoms with Crippen molar-refractivity contribution in [3.8, 4) is 5.88 Å². The van der Waals surface area contributed by atoms with Crippen LogP contribution in [0, 0.1) is 0 Å². The number of methoxy groups -OCH3 is 1. The molecule has 0 aliphatic rings. The third-order valence-electron chi connectivity index (χ3n) is 5.09. The quantitative estimate of drug-likeness (QED) is 0.448. The predicted molar refractivity (Wildman–Crippen MR) is 124 cm³/mol. The highest BCUT2D eigenvalue weighted by atomic mass is 16.5. The minimum absolute atomic E-state index is 0.288. The van der Waals surface area contributed by atoms with E-state index in [1.807, 2.05) is 41.1 Å². The molecule has 0 aliphatic carbocycles. The van der Waals surface area contributed by atoms with Gasteiger partial charge in [0.2, 0.25) is 5.88 Å². The maximum atomic E-state index is 12.9. The molecule has 4 rings (SSSR count). The van der Waals surface area contributed by atoms with Crippen LogP contribution in [0.2, 0.25) is 0 Å². The van der Waals surface area contributed by atoms with Crippen molar-refractivity contribution in [3.05, 3.63) is 84.2 Å². The Kier molecular flexibility index (Phi) is 6.18. The van der Waals surface area contributed by atoms with Gasteiger partial charge in [0, 0.05) is 13.3 Å². The number of pyridine rings is 1. The summed E-state index contributed by atoms with van der Waals surface area (Å²) in [4.78, 5) is 17.0. The molecule has 164 valence electrons. The lowest BCUT2D eigenvalue weighted by molar-refractivity contribution is -0.128. The summed E-state index contributed by atoms with van der Waals surface area (Å²) in [6.45, 7) is 4.51. The summed E-state index contributed by atoms with van der Waals surface area (Å²) in [6.07, 6.45) is 3.25. The van der Waals surface area contributed by atoms with Crippen LogP contribution in [0.15, 0.2) is 73.1 Å². The first-order chi connectivity index (χ1) is 15.5. The second-order valence-corrected chi connectivity index (χ2v) is 8.04. The lowest BCUT2D eigenvalue weighted by Crippen LogP contribution is -2.42. The molecule has 0 unspecified atom stereocenters. The highest BCUT2D eigenvalue weighted by Crippen LogP contribution is 2.30. The van der Waals surface area contributed by atoms with Gasteiger partial charge < -0.3 is 14.8 Å². The molecule has 0 radical (unpaired) electrons. The molecule has 7 heteroatoms. The zero-order valence-corrected chi connectivity index (χ0v) is 18.4. The number of nitrogens with one attached hydrogen (secondary N) is 1. The molecule has 0 atom stereocenters. The van der Waals surface area contributed by atoms with Crippen molar-refractivity contribution in [1.29, 1.82) is 0 Å². The maximum absolute atomic E-state index is 12.9. The van der Waals surface area contributed by atoms with Gasteiger partial charge in [-0.1, -0.05) is 36.4 Å². The molecule has 0 saturated carbocycles. The standard InChI is InChI=1S/C25H26N4O3/c1-25(2,24(30)27-20-10-7-13-26-15-20)32-23-21-14-19(17-31-3)11-12-22(21)29(28-23)16-18-8-5-4-6-9-18/h4-15H,16-17H2,1-3H3,(H,27,30). The van der Waals surface area contributed by atoms with Crippen LogP contribution in [0.4, 0.5) is 5.69 Å². The van der Waals surface area contributed by atoms with Crippen molar-refractivity contribution in [3.63, 3.8) is 0 Å². The molecule has 1 N–H and O–H groups in total. The maximum Gasteiger partial charge on any atom is 0.268 e. The lowest BCUT2D eigenvalue weighted by Gasteiger charge is -2.24. The number of amides is 1. The molecule has 7 nitrogen and oxygen atoms in total. The Bertz CT molecular complexity index is 1200. The van der Waals surface area contributed by atoms with E-state index in [1.54, 1.807) is 45.5 Å². The summed E-state index contributed by atoms with van der Waals surface area (Å²) in [6, 6.07) is 19.7. The molecule has 0 bridgehead atoms. The van der Waals surface area contributed by atoms with Gasteiger partial charge in [0.15, 0.2) is 5.60 Å². The molecule has 32 heavy (non-hydrogen) atoms. The lowest BCUT2D eigenvalue weighted by atomic mass is 10.1. The molecular formula is C25H26N4O3. The summed E-state index contributed by atoms with van der Waals surface area (Å²) in [7, 11) is 1.66. The molecule has 0 aliphatic heterocycles. The van der Waals surface area contributed by atoms with E-state index < -0.39 is 5.60 Å². The van der Waals surface area contributed by atoms with Crippen molar-refractivity contribution in [2.45, 2.75) is 32.6 Å². The number of carbonyl (C=O) groups excluding carboxylic acids is 1. The van der Waals surface area contributed by atoms with Crippen molar-refractivity contribution in [2.75, 3.05) is 12.4 Å². The van der Waals surface area contributed by atoms with Gasteiger partial charge in [0.25, 0.3) is 5.91 Å². The van der Waals surface area contributed by atoms with Crippen molar-refractivity contribution in [2.24, 2.45) is 0 Å². The van der Waals surface area contributed by atoms with Crippen molar-refractivity contribution in [1.82, 2.24) is 14.8 Å². The van der Waals surface area contributed by atoms with Gasteiger partial charge in [-0.25, -0.2) is 0 Å². The number of ether oxygens (including phenoxy) is 2. The topological polar surface area (TPSA) is 78.3 Å².